The number of likely N-dealkylation sites (tertiary alicyclic amines) is 2. The molecule has 12 nitrogen and oxygen atoms in total. The first-order valence-electron chi connectivity index (χ1n) is 14.3. The van der Waals surface area contributed by atoms with Crippen molar-refractivity contribution in [2.24, 2.45) is 5.73 Å². The lowest BCUT2D eigenvalue weighted by Gasteiger charge is -2.46. The van der Waals surface area contributed by atoms with Gasteiger partial charge in [-0.2, -0.15) is 0 Å². The van der Waals surface area contributed by atoms with E-state index in [0.29, 0.717) is 19.5 Å². The number of rotatable bonds is 5. The van der Waals surface area contributed by atoms with Crippen LogP contribution < -0.4 is 16.0 Å². The van der Waals surface area contributed by atoms with E-state index < -0.39 is 53.5 Å². The fourth-order valence-corrected chi connectivity index (χ4v) is 6.80. The number of nitrogens with one attached hydrogen (secondary N) is 1. The molecule has 230 valence electrons. The minimum atomic E-state index is -1.57. The highest BCUT2D eigenvalue weighted by Gasteiger charge is 2.50. The van der Waals surface area contributed by atoms with E-state index in [2.05, 4.69) is 5.32 Å². The summed E-state index contributed by atoms with van der Waals surface area (Å²) < 4.78 is 21.2. The van der Waals surface area contributed by atoms with Gasteiger partial charge in [-0.05, 0) is 56.0 Å². The number of fused-ring (bicyclic) bond motifs is 3. The first-order chi connectivity index (χ1) is 21.0. The van der Waals surface area contributed by atoms with E-state index in [1.54, 1.807) is 4.90 Å². The van der Waals surface area contributed by atoms with E-state index in [-0.39, 0.29) is 64.9 Å². The van der Waals surface area contributed by atoms with Gasteiger partial charge in [0.05, 0.1) is 41.3 Å². The summed E-state index contributed by atoms with van der Waals surface area (Å²) in [5.74, 6) is -3.78. The lowest BCUT2D eigenvalue weighted by Crippen LogP contribution is -2.59. The first kappa shape index (κ1) is 29.5. The fraction of sp³-hybridized carbons (Fsp3) is 0.400. The maximum absolute atomic E-state index is 15.5. The van der Waals surface area contributed by atoms with Gasteiger partial charge in [0.25, 0.3) is 0 Å². The average molecular weight is 626 g/mol. The molecular weight excluding hydrogens is 597 g/mol. The molecule has 4 aliphatic rings. The summed E-state index contributed by atoms with van der Waals surface area (Å²) in [5.41, 5.74) is 4.17. The third kappa shape index (κ3) is 5.04. The lowest BCUT2D eigenvalue weighted by molar-refractivity contribution is -0.144. The number of amides is 5. The van der Waals surface area contributed by atoms with Gasteiger partial charge in [0.15, 0.2) is 17.2 Å². The molecule has 5 amide bonds. The number of primary amides is 1. The maximum Gasteiger partial charge on any atom is 0.412 e. The minimum absolute atomic E-state index is 0.00997. The third-order valence-electron chi connectivity index (χ3n) is 8.69. The number of carbonyl (C=O) groups excluding carboxylic acids is 6. The Labute approximate surface area is 256 Å². The SMILES string of the molecule is NC(=O)c1ccc2c(c1)C(=O)CC(=O)N2[C@@H](CC(=O)N1CCCC1)C(=O)N1CCC[C@@]2(C1)OC(=O)Nc1ccc(Cl)c(F)c12. The average Bonchev–Trinajstić information content (AvgIpc) is 3.53. The molecule has 2 fully saturated rings. The zero-order chi connectivity index (χ0) is 31.3. The Balaban J connectivity index is 1.40. The van der Waals surface area contributed by atoms with E-state index in [1.807, 2.05) is 0 Å². The van der Waals surface area contributed by atoms with Crippen LogP contribution in [0.2, 0.25) is 5.02 Å². The summed E-state index contributed by atoms with van der Waals surface area (Å²) in [7, 11) is 0. The standard InChI is InChI=1S/C30H29ClFN5O7/c31-18-5-6-19-25(26(18)32)30(44-29(43)34-19)8-3-11-36(15-30)28(42)21(13-23(39)35-9-1-2-10-35)37-20-7-4-16(27(33)41)12-17(20)22(38)14-24(37)40/h4-7,12,21H,1-3,8-11,13-15H2,(H2,33,41)(H,34,43)/t21-,30-/m0/s1. The molecule has 4 heterocycles. The second kappa shape index (κ2) is 11.2. The van der Waals surface area contributed by atoms with Gasteiger partial charge in [0.1, 0.15) is 6.04 Å². The minimum Gasteiger partial charge on any atom is -0.436 e. The van der Waals surface area contributed by atoms with E-state index in [9.17, 15) is 28.8 Å². The molecular formula is C30H29ClFN5O7. The Morgan fingerprint density at radius 2 is 1.77 bits per heavy atom. The third-order valence-corrected chi connectivity index (χ3v) is 8.98. The summed E-state index contributed by atoms with van der Waals surface area (Å²) in [5, 5.41) is 2.29. The van der Waals surface area contributed by atoms with Crippen molar-refractivity contribution in [2.75, 3.05) is 36.4 Å². The zero-order valence-corrected chi connectivity index (χ0v) is 24.3. The van der Waals surface area contributed by atoms with Crippen molar-refractivity contribution < 1.29 is 37.9 Å². The number of Topliss-reactive ketones (excluding diaryl/α,β-unsaturated/α-hetero) is 1. The van der Waals surface area contributed by atoms with Crippen LogP contribution in [-0.2, 0) is 24.7 Å². The van der Waals surface area contributed by atoms with Crippen molar-refractivity contribution >= 4 is 58.5 Å². The molecule has 2 aromatic carbocycles. The van der Waals surface area contributed by atoms with E-state index in [1.165, 1.54) is 35.2 Å². The van der Waals surface area contributed by atoms with Gasteiger partial charge in [-0.25, -0.2) is 9.18 Å². The summed E-state index contributed by atoms with van der Waals surface area (Å²) >= 11 is 6.09. The molecule has 6 rings (SSSR count). The van der Waals surface area contributed by atoms with Crippen molar-refractivity contribution in [3.63, 3.8) is 0 Å². The number of benzene rings is 2. The molecule has 0 unspecified atom stereocenters. The molecule has 0 bridgehead atoms. The highest BCUT2D eigenvalue weighted by atomic mass is 35.5. The van der Waals surface area contributed by atoms with Crippen molar-refractivity contribution in [2.45, 2.75) is 50.2 Å². The molecule has 44 heavy (non-hydrogen) atoms. The monoisotopic (exact) mass is 625 g/mol. The van der Waals surface area contributed by atoms with E-state index >= 15 is 4.39 Å². The summed E-state index contributed by atoms with van der Waals surface area (Å²) in [6, 6.07) is 5.38. The molecule has 0 aliphatic carbocycles. The van der Waals surface area contributed by atoms with Gasteiger partial charge in [-0.1, -0.05) is 11.6 Å². The second-order valence-electron chi connectivity index (χ2n) is 11.4. The maximum atomic E-state index is 15.5. The predicted octanol–water partition coefficient (Wildman–Crippen LogP) is 2.96. The number of ether oxygens (including phenoxy) is 1. The number of piperidine rings is 1. The first-order valence-corrected chi connectivity index (χ1v) is 14.7. The topological polar surface area (TPSA) is 159 Å². The van der Waals surface area contributed by atoms with Crippen LogP contribution in [0.4, 0.5) is 20.6 Å². The van der Waals surface area contributed by atoms with Crippen LogP contribution >= 0.6 is 11.6 Å². The van der Waals surface area contributed by atoms with Gasteiger partial charge in [-0.3, -0.25) is 34.2 Å². The molecule has 0 saturated carbocycles. The number of halogens is 2. The summed E-state index contributed by atoms with van der Waals surface area (Å²) in [6.45, 7) is 0.937. The van der Waals surface area contributed by atoms with Crippen molar-refractivity contribution in [3.05, 3.63) is 57.9 Å². The normalized spacial score (nSPS) is 21.9. The van der Waals surface area contributed by atoms with Crippen molar-refractivity contribution in [1.82, 2.24) is 9.80 Å². The van der Waals surface area contributed by atoms with Gasteiger partial charge in [-0.15, -0.1) is 0 Å². The van der Waals surface area contributed by atoms with E-state index in [0.717, 1.165) is 17.7 Å². The Bertz CT molecular complexity index is 1630. The number of nitrogens with zero attached hydrogens (tertiary/aromatic N) is 3. The number of carbonyl (C=O) groups is 6. The molecule has 1 spiro atoms. The zero-order valence-electron chi connectivity index (χ0n) is 23.6. The van der Waals surface area contributed by atoms with Crippen LogP contribution in [0.5, 0.6) is 0 Å². The molecule has 3 N–H and O–H groups in total. The second-order valence-corrected chi connectivity index (χ2v) is 11.8. The van der Waals surface area contributed by atoms with Gasteiger partial charge in [0.2, 0.25) is 23.6 Å². The van der Waals surface area contributed by atoms with Crippen molar-refractivity contribution in [3.8, 4) is 0 Å². The van der Waals surface area contributed by atoms with Crippen LogP contribution in [-0.4, -0.2) is 77.5 Å². The Morgan fingerprint density at radius 1 is 1.05 bits per heavy atom. The Kier molecular flexibility index (Phi) is 7.52. The van der Waals surface area contributed by atoms with Crippen LogP contribution in [0.3, 0.4) is 0 Å². The van der Waals surface area contributed by atoms with Gasteiger partial charge in [0, 0.05) is 30.8 Å². The molecule has 4 aliphatic heterocycles. The summed E-state index contributed by atoms with van der Waals surface area (Å²) in [6.07, 6.45) is 0.338. The van der Waals surface area contributed by atoms with Crippen LogP contribution in [0.1, 0.15) is 64.8 Å². The van der Waals surface area contributed by atoms with Gasteiger partial charge < -0.3 is 20.3 Å². The summed E-state index contributed by atoms with van der Waals surface area (Å²) in [4.78, 5) is 82.8. The number of hydrogen-bond donors (Lipinski definition) is 2. The highest BCUT2D eigenvalue weighted by molar-refractivity contribution is 6.31. The molecule has 0 radical (unpaired) electrons. The van der Waals surface area contributed by atoms with Crippen LogP contribution in [0.15, 0.2) is 30.3 Å². The molecule has 2 atom stereocenters. The number of hydrogen-bond acceptors (Lipinski definition) is 7. The van der Waals surface area contributed by atoms with Crippen molar-refractivity contribution in [1.29, 1.82) is 0 Å². The number of anilines is 2. The molecule has 0 aromatic heterocycles. The van der Waals surface area contributed by atoms with Crippen LogP contribution in [0, 0.1) is 5.82 Å². The molecule has 2 aromatic rings. The fourth-order valence-electron chi connectivity index (χ4n) is 6.64. The Hall–Kier alpha value is -4.52. The molecule has 2 saturated heterocycles. The van der Waals surface area contributed by atoms with Gasteiger partial charge >= 0.3 is 6.09 Å². The Morgan fingerprint density at radius 3 is 2.50 bits per heavy atom. The van der Waals surface area contributed by atoms with E-state index in [4.69, 9.17) is 22.1 Å². The smallest absolute Gasteiger partial charge is 0.412 e. The quantitative estimate of drug-likeness (QED) is 0.483. The highest BCUT2D eigenvalue weighted by Crippen LogP contribution is 2.45. The number of nitrogens with two attached hydrogens (primary N) is 1. The largest absolute Gasteiger partial charge is 0.436 e. The number of ketones is 1. The molecule has 14 heteroatoms. The van der Waals surface area contributed by atoms with Crippen LogP contribution in [0.25, 0.3) is 0 Å². The predicted molar refractivity (Wildman–Crippen MR) is 155 cm³/mol. The lowest BCUT2D eigenvalue weighted by atomic mass is 9.82.